The van der Waals surface area contributed by atoms with Crippen molar-refractivity contribution >= 4 is 29.6 Å². The van der Waals surface area contributed by atoms with Gasteiger partial charge in [-0.3, -0.25) is 29.0 Å². The number of fused-ring (bicyclic) bond motifs is 4. The molecule has 1 aromatic heterocycles. The van der Waals surface area contributed by atoms with Gasteiger partial charge >= 0.3 is 17.9 Å². The number of Topliss-reactive ketones (excluding diaryl/α,β-unsaturated/α-hetero) is 1. The Bertz CT molecular complexity index is 1690. The molecule has 0 unspecified atom stereocenters. The number of aliphatic hydroxyl groups is 1. The van der Waals surface area contributed by atoms with Crippen LogP contribution >= 0.6 is 0 Å². The van der Waals surface area contributed by atoms with E-state index in [2.05, 4.69) is 10.3 Å². The molecule has 1 fully saturated rings. The lowest BCUT2D eigenvalue weighted by Crippen LogP contribution is -2.61. The van der Waals surface area contributed by atoms with Gasteiger partial charge in [0.15, 0.2) is 18.2 Å². The maximum Gasteiger partial charge on any atom is 0.312 e. The lowest BCUT2D eigenvalue weighted by atomic mass is 9.76. The quantitative estimate of drug-likeness (QED) is 0.271. The van der Waals surface area contributed by atoms with E-state index in [4.69, 9.17) is 33.2 Å². The Morgan fingerprint density at radius 3 is 2.31 bits per heavy atom. The maximum atomic E-state index is 14.4. The second-order valence-electron chi connectivity index (χ2n) is 17.1. The van der Waals surface area contributed by atoms with Crippen LogP contribution in [0.15, 0.2) is 35.7 Å². The first-order valence-corrected chi connectivity index (χ1v) is 20.5. The fraction of sp³-hybridized carbons (Fsp3) is 0.721. The number of hydrogen-bond donors (Lipinski definition) is 2. The highest BCUT2D eigenvalue weighted by molar-refractivity contribution is 5.81. The molecular formula is C43H65N3O13. The van der Waals surface area contributed by atoms with E-state index in [0.29, 0.717) is 23.4 Å². The molecule has 330 valence electrons. The first-order chi connectivity index (χ1) is 27.6. The van der Waals surface area contributed by atoms with Crippen molar-refractivity contribution in [2.75, 3.05) is 27.3 Å². The van der Waals surface area contributed by atoms with Crippen LogP contribution in [0, 0.1) is 17.8 Å². The van der Waals surface area contributed by atoms with Crippen molar-refractivity contribution in [3.63, 3.8) is 0 Å². The molecule has 16 nitrogen and oxygen atoms in total. The smallest absolute Gasteiger partial charge is 0.312 e. The topological polar surface area (TPSA) is 198 Å². The molecule has 4 heterocycles. The highest BCUT2D eigenvalue weighted by atomic mass is 16.7. The second kappa shape index (κ2) is 20.2. The summed E-state index contributed by atoms with van der Waals surface area (Å²) in [5.74, 6) is -5.73. The van der Waals surface area contributed by atoms with Crippen LogP contribution in [-0.2, 0) is 63.6 Å². The van der Waals surface area contributed by atoms with Crippen LogP contribution in [-0.4, -0.2) is 132 Å². The SMILES string of the molecule is CC[C@H]1OC(=O)[C@H](C)[C@@H](OC(=O)Cc2ccccn2)[C@H](C)[C@@H](O[C@@H]2O[C@H](C)C[C@H](N(C)C)[C@H]2OC(C)=O)[C@@]2(C)CC(C)=C(NC(C)=O)[C@H](C)[C@@H](OCC(=O)CO2)[C@]1(C)O. The number of hydrogen-bond acceptors (Lipinski definition) is 15. The monoisotopic (exact) mass is 831 g/mol. The van der Waals surface area contributed by atoms with Crippen LogP contribution in [0.25, 0.3) is 0 Å². The first-order valence-electron chi connectivity index (χ1n) is 20.5. The highest BCUT2D eigenvalue weighted by Gasteiger charge is 2.53. The van der Waals surface area contributed by atoms with Gasteiger partial charge in [-0.1, -0.05) is 32.4 Å². The van der Waals surface area contributed by atoms with Crippen molar-refractivity contribution in [1.29, 1.82) is 0 Å². The molecule has 4 rings (SSSR count). The van der Waals surface area contributed by atoms with E-state index in [1.54, 1.807) is 65.9 Å². The summed E-state index contributed by atoms with van der Waals surface area (Å²) < 4.78 is 44.6. The molecule has 59 heavy (non-hydrogen) atoms. The number of amides is 1. The third kappa shape index (κ3) is 11.7. The third-order valence-corrected chi connectivity index (χ3v) is 11.8. The second-order valence-corrected chi connectivity index (χ2v) is 17.1. The molecule has 3 aliphatic rings. The summed E-state index contributed by atoms with van der Waals surface area (Å²) in [7, 11) is 3.72. The molecule has 0 radical (unpaired) electrons. The standard InChI is InChI=1S/C43H65N3O13/c1-13-33-43(10,52)39-25(4)35(45-28(7)47)23(2)20-42(9,54-22-31(49)21-53-39)38(59-41-37(56-29(8)48)32(46(11)12)18-24(3)55-41)26(5)36(27(6)40(51)57-33)58-34(50)19-30-16-14-15-17-44-30/h14-17,24-27,32-33,36-39,41,52H,13,18-22H2,1-12H3,(H,45,47)/t24-,25+,26+,27-,32+,33-,36+,37-,38-,39-,41+,42-,43-/m1/s1. The van der Waals surface area contributed by atoms with Crippen LogP contribution in [0.5, 0.6) is 0 Å². The zero-order valence-electron chi connectivity index (χ0n) is 36.6. The predicted molar refractivity (Wildman–Crippen MR) is 213 cm³/mol. The lowest BCUT2D eigenvalue weighted by molar-refractivity contribution is -0.304. The minimum Gasteiger partial charge on any atom is -0.461 e. The van der Waals surface area contributed by atoms with Gasteiger partial charge in [-0.15, -0.1) is 0 Å². The third-order valence-electron chi connectivity index (χ3n) is 11.8. The highest BCUT2D eigenvalue weighted by Crippen LogP contribution is 2.42. The fourth-order valence-corrected chi connectivity index (χ4v) is 8.88. The van der Waals surface area contributed by atoms with Gasteiger partial charge in [0.2, 0.25) is 5.91 Å². The summed E-state index contributed by atoms with van der Waals surface area (Å²) in [6, 6.07) is 4.80. The largest absolute Gasteiger partial charge is 0.461 e. The molecule has 16 heteroatoms. The average molecular weight is 832 g/mol. The van der Waals surface area contributed by atoms with E-state index in [9.17, 15) is 29.1 Å². The summed E-state index contributed by atoms with van der Waals surface area (Å²) >= 11 is 0. The Morgan fingerprint density at radius 2 is 1.71 bits per heavy atom. The average Bonchev–Trinajstić information content (AvgIpc) is 3.16. The predicted octanol–water partition coefficient (Wildman–Crippen LogP) is 3.46. The number of ketones is 1. The molecule has 0 saturated carbocycles. The number of aromatic nitrogens is 1. The van der Waals surface area contributed by atoms with Crippen LogP contribution < -0.4 is 5.32 Å². The Balaban J connectivity index is 2.02. The molecule has 2 N–H and O–H groups in total. The molecule has 0 aliphatic carbocycles. The maximum absolute atomic E-state index is 14.4. The number of cyclic esters (lactones) is 1. The van der Waals surface area contributed by atoms with Gasteiger partial charge in [0, 0.05) is 44.0 Å². The van der Waals surface area contributed by atoms with E-state index in [1.807, 2.05) is 25.9 Å². The molecule has 0 spiro atoms. The zero-order chi connectivity index (χ0) is 44.0. The summed E-state index contributed by atoms with van der Waals surface area (Å²) in [6.07, 6.45) is -5.29. The summed E-state index contributed by atoms with van der Waals surface area (Å²) in [5.41, 5.74) is -1.96. The van der Waals surface area contributed by atoms with Crippen molar-refractivity contribution in [3.8, 4) is 0 Å². The molecule has 3 aliphatic heterocycles. The van der Waals surface area contributed by atoms with Gasteiger partial charge in [0.1, 0.15) is 31.0 Å². The van der Waals surface area contributed by atoms with Gasteiger partial charge in [0.25, 0.3) is 0 Å². The summed E-state index contributed by atoms with van der Waals surface area (Å²) in [5, 5.41) is 15.3. The van der Waals surface area contributed by atoms with E-state index in [-0.39, 0.29) is 31.4 Å². The lowest BCUT2D eigenvalue weighted by Gasteiger charge is -2.49. The number of carbonyl (C=O) groups excluding carboxylic acids is 5. The van der Waals surface area contributed by atoms with Crippen molar-refractivity contribution in [3.05, 3.63) is 41.4 Å². The Kier molecular flexibility index (Phi) is 16.4. The van der Waals surface area contributed by atoms with Crippen LogP contribution in [0.1, 0.15) is 94.2 Å². The normalized spacial score (nSPS) is 36.4. The van der Waals surface area contributed by atoms with Gasteiger partial charge < -0.3 is 48.5 Å². The molecule has 0 aromatic carbocycles. The Labute approximate surface area is 348 Å². The number of rotatable bonds is 9. The van der Waals surface area contributed by atoms with Gasteiger partial charge in [-0.25, -0.2) is 0 Å². The zero-order valence-corrected chi connectivity index (χ0v) is 36.6. The van der Waals surface area contributed by atoms with Gasteiger partial charge in [-0.05, 0) is 73.7 Å². The molecule has 2 bridgehead atoms. The minimum absolute atomic E-state index is 0.0202. The first kappa shape index (κ1) is 47.9. The number of carbonyl (C=O) groups is 5. The van der Waals surface area contributed by atoms with Crippen molar-refractivity contribution in [2.45, 2.75) is 155 Å². The molecular weight excluding hydrogens is 766 g/mol. The molecule has 13 atom stereocenters. The van der Waals surface area contributed by atoms with Crippen LogP contribution in [0.2, 0.25) is 0 Å². The van der Waals surface area contributed by atoms with Gasteiger partial charge in [0.05, 0.1) is 48.0 Å². The number of esters is 3. The molecule has 1 aromatic rings. The number of ether oxygens (including phenoxy) is 7. The number of likely N-dealkylation sites (N-methyl/N-ethyl adjacent to an activating group) is 1. The number of pyridine rings is 1. The minimum atomic E-state index is -1.90. The van der Waals surface area contributed by atoms with Crippen molar-refractivity contribution in [2.24, 2.45) is 17.8 Å². The van der Waals surface area contributed by atoms with Crippen molar-refractivity contribution in [1.82, 2.24) is 15.2 Å². The van der Waals surface area contributed by atoms with E-state index in [1.165, 1.54) is 20.8 Å². The van der Waals surface area contributed by atoms with E-state index in [0.717, 1.165) is 0 Å². The summed E-state index contributed by atoms with van der Waals surface area (Å²) in [6.45, 7) is 15.4. The fourth-order valence-electron chi connectivity index (χ4n) is 8.88. The molecule has 1 saturated heterocycles. The van der Waals surface area contributed by atoms with E-state index >= 15 is 0 Å². The summed E-state index contributed by atoms with van der Waals surface area (Å²) in [4.78, 5) is 73.6. The van der Waals surface area contributed by atoms with Crippen molar-refractivity contribution < 1.29 is 62.2 Å². The number of nitrogens with one attached hydrogen (secondary N) is 1. The van der Waals surface area contributed by atoms with Crippen LogP contribution in [0.4, 0.5) is 0 Å². The van der Waals surface area contributed by atoms with Gasteiger partial charge in [-0.2, -0.15) is 0 Å². The van der Waals surface area contributed by atoms with E-state index < -0.39 is 109 Å². The Hall–Kier alpha value is -3.80. The Morgan fingerprint density at radius 1 is 1.02 bits per heavy atom. The number of nitrogens with zero attached hydrogens (tertiary/aromatic N) is 2. The molecule has 1 amide bonds. The van der Waals surface area contributed by atoms with Crippen LogP contribution in [0.3, 0.4) is 0 Å².